The van der Waals surface area contributed by atoms with Crippen LogP contribution >= 0.6 is 33.9 Å². The third-order valence-corrected chi connectivity index (χ3v) is 3.69. The molecule has 0 N–H and O–H groups in total. The highest BCUT2D eigenvalue weighted by Gasteiger charge is 2.16. The second-order valence-electron chi connectivity index (χ2n) is 3.46. The summed E-state index contributed by atoms with van der Waals surface area (Å²) >= 11 is 12.0. The summed E-state index contributed by atoms with van der Waals surface area (Å²) in [5.41, 5.74) is 0.655. The van der Waals surface area contributed by atoms with Crippen molar-refractivity contribution in [3.05, 3.63) is 40.0 Å². The Balaban J connectivity index is 2.42. The molecule has 96 valence electrons. The van der Waals surface area contributed by atoms with Crippen LogP contribution in [-0.4, -0.2) is 13.6 Å². The molecule has 0 atom stereocenters. The van der Waals surface area contributed by atoms with Crippen molar-refractivity contribution in [2.45, 2.75) is 5.75 Å². The predicted octanol–water partition coefficient (Wildman–Crippen LogP) is 3.72. The molecule has 1 aromatic carbocycles. The van der Waals surface area contributed by atoms with E-state index in [1.165, 1.54) is 6.07 Å². The molecule has 0 saturated carbocycles. The molecule has 0 aliphatic rings. The van der Waals surface area contributed by atoms with E-state index in [2.05, 4.69) is 5.16 Å². The minimum atomic E-state index is -3.68. The number of nitrogens with zero attached hydrogens (tertiary/aromatic N) is 1. The summed E-state index contributed by atoms with van der Waals surface area (Å²) in [7, 11) is 1.44. The number of hydrogen-bond donors (Lipinski definition) is 0. The molecular formula is C10H6Cl3NO3S. The normalized spacial score (nSPS) is 11.7. The van der Waals surface area contributed by atoms with Crippen molar-refractivity contribution in [2.75, 3.05) is 0 Å². The third-order valence-electron chi connectivity index (χ3n) is 2.09. The van der Waals surface area contributed by atoms with E-state index in [9.17, 15) is 8.42 Å². The Morgan fingerprint density at radius 3 is 2.39 bits per heavy atom. The molecule has 1 aromatic heterocycles. The Labute approximate surface area is 118 Å². The molecule has 1 heterocycles. The van der Waals surface area contributed by atoms with E-state index in [-0.39, 0.29) is 5.69 Å². The Morgan fingerprint density at radius 1 is 1.22 bits per heavy atom. The molecule has 4 nitrogen and oxygen atoms in total. The molecule has 2 aromatic rings. The van der Waals surface area contributed by atoms with Crippen LogP contribution in [0.15, 0.2) is 28.8 Å². The Morgan fingerprint density at radius 2 is 1.83 bits per heavy atom. The first-order valence-corrected chi connectivity index (χ1v) is 7.92. The molecule has 0 radical (unpaired) electrons. The van der Waals surface area contributed by atoms with Gasteiger partial charge in [-0.05, 0) is 12.1 Å². The van der Waals surface area contributed by atoms with Gasteiger partial charge in [0, 0.05) is 16.7 Å². The average molecular weight is 327 g/mol. The molecule has 8 heteroatoms. The Hall–Kier alpha value is -0.750. The van der Waals surface area contributed by atoms with Gasteiger partial charge in [0.15, 0.2) is 5.76 Å². The lowest BCUT2D eigenvalue weighted by Gasteiger charge is -2.01. The fraction of sp³-hybridized carbons (Fsp3) is 0.100. The van der Waals surface area contributed by atoms with Crippen molar-refractivity contribution < 1.29 is 12.9 Å². The van der Waals surface area contributed by atoms with Crippen LogP contribution in [0.5, 0.6) is 0 Å². The molecule has 0 saturated heterocycles. The number of halogens is 3. The largest absolute Gasteiger partial charge is 0.356 e. The van der Waals surface area contributed by atoms with Crippen LogP contribution in [0.4, 0.5) is 0 Å². The average Bonchev–Trinajstić information content (AvgIpc) is 2.63. The molecule has 0 bridgehead atoms. The van der Waals surface area contributed by atoms with Crippen LogP contribution in [0.3, 0.4) is 0 Å². The second kappa shape index (κ2) is 5.09. The van der Waals surface area contributed by atoms with Crippen LogP contribution in [0.2, 0.25) is 10.0 Å². The van der Waals surface area contributed by atoms with Crippen LogP contribution in [0.25, 0.3) is 11.3 Å². The van der Waals surface area contributed by atoms with E-state index in [1.807, 2.05) is 0 Å². The van der Waals surface area contributed by atoms with Gasteiger partial charge in [0.2, 0.25) is 9.05 Å². The van der Waals surface area contributed by atoms with E-state index < -0.39 is 14.8 Å². The van der Waals surface area contributed by atoms with Crippen molar-refractivity contribution in [3.8, 4) is 11.3 Å². The minimum Gasteiger partial charge on any atom is -0.356 e. The van der Waals surface area contributed by atoms with Crippen molar-refractivity contribution in [3.63, 3.8) is 0 Å². The van der Waals surface area contributed by atoms with Gasteiger partial charge in [-0.3, -0.25) is 0 Å². The Bertz CT molecular complexity index is 661. The highest BCUT2D eigenvalue weighted by atomic mass is 35.7. The molecule has 0 spiro atoms. The van der Waals surface area contributed by atoms with Crippen LogP contribution in [0, 0.1) is 0 Å². The van der Waals surface area contributed by atoms with E-state index in [4.69, 9.17) is 38.4 Å². The first kappa shape index (κ1) is 13.7. The maximum atomic E-state index is 10.9. The number of benzene rings is 1. The first-order chi connectivity index (χ1) is 8.37. The van der Waals surface area contributed by atoms with Crippen LogP contribution in [0.1, 0.15) is 5.69 Å². The van der Waals surface area contributed by atoms with Gasteiger partial charge >= 0.3 is 0 Å². The van der Waals surface area contributed by atoms with Gasteiger partial charge in [-0.2, -0.15) is 0 Å². The summed E-state index contributed by atoms with van der Waals surface area (Å²) in [5.74, 6) is -0.124. The zero-order valence-corrected chi connectivity index (χ0v) is 11.8. The lowest BCUT2D eigenvalue weighted by molar-refractivity contribution is 0.426. The molecule has 2 rings (SSSR count). The molecular weight excluding hydrogens is 321 g/mol. The summed E-state index contributed by atoms with van der Waals surface area (Å²) in [6.45, 7) is 0. The van der Waals surface area contributed by atoms with Gasteiger partial charge in [0.05, 0.1) is 15.6 Å². The third kappa shape index (κ3) is 3.17. The monoisotopic (exact) mass is 325 g/mol. The molecule has 0 aliphatic heterocycles. The van der Waals surface area contributed by atoms with Gasteiger partial charge in [0.25, 0.3) is 0 Å². The predicted molar refractivity (Wildman–Crippen MR) is 70.4 cm³/mol. The maximum Gasteiger partial charge on any atom is 0.238 e. The van der Waals surface area contributed by atoms with E-state index in [1.54, 1.807) is 18.2 Å². The summed E-state index contributed by atoms with van der Waals surface area (Å²) in [6, 6.07) is 6.41. The number of rotatable bonds is 3. The lowest BCUT2D eigenvalue weighted by Crippen LogP contribution is -1.94. The van der Waals surface area contributed by atoms with Crippen LogP contribution < -0.4 is 0 Å². The molecule has 0 amide bonds. The minimum absolute atomic E-state index is 0.191. The highest BCUT2D eigenvalue weighted by Crippen LogP contribution is 2.35. The van der Waals surface area contributed by atoms with Gasteiger partial charge in [0.1, 0.15) is 11.4 Å². The van der Waals surface area contributed by atoms with Gasteiger partial charge in [-0.15, -0.1) is 0 Å². The fourth-order valence-corrected chi connectivity index (χ4v) is 2.82. The zero-order valence-electron chi connectivity index (χ0n) is 8.73. The topological polar surface area (TPSA) is 60.2 Å². The van der Waals surface area contributed by atoms with Crippen molar-refractivity contribution in [2.24, 2.45) is 0 Å². The number of aromatic nitrogens is 1. The lowest BCUT2D eigenvalue weighted by atomic mass is 10.1. The zero-order chi connectivity index (χ0) is 13.3. The van der Waals surface area contributed by atoms with E-state index in [0.29, 0.717) is 21.4 Å². The molecule has 0 unspecified atom stereocenters. The Kier molecular flexibility index (Phi) is 3.87. The highest BCUT2D eigenvalue weighted by molar-refractivity contribution is 8.13. The van der Waals surface area contributed by atoms with Gasteiger partial charge < -0.3 is 4.52 Å². The maximum absolute atomic E-state index is 10.9. The van der Waals surface area contributed by atoms with Crippen molar-refractivity contribution in [1.82, 2.24) is 5.16 Å². The molecule has 0 aliphatic carbocycles. The molecule has 18 heavy (non-hydrogen) atoms. The quantitative estimate of drug-likeness (QED) is 0.807. The van der Waals surface area contributed by atoms with E-state index in [0.717, 1.165) is 0 Å². The van der Waals surface area contributed by atoms with Crippen molar-refractivity contribution >= 4 is 42.9 Å². The van der Waals surface area contributed by atoms with Gasteiger partial charge in [-0.1, -0.05) is 34.4 Å². The number of hydrogen-bond acceptors (Lipinski definition) is 4. The standard InChI is InChI=1S/C10H6Cl3NO3S/c11-7-2-1-3-8(12)10(7)9-4-6(14-17-9)5-18(13,15)16/h1-4H,5H2. The second-order valence-corrected chi connectivity index (χ2v) is 7.05. The summed E-state index contributed by atoms with van der Waals surface area (Å²) < 4.78 is 26.8. The van der Waals surface area contributed by atoms with E-state index >= 15 is 0 Å². The molecule has 0 fully saturated rings. The fourth-order valence-electron chi connectivity index (χ4n) is 1.41. The summed E-state index contributed by atoms with van der Waals surface area (Å²) in [5, 5.41) is 4.38. The SMILES string of the molecule is O=S(=O)(Cl)Cc1cc(-c2c(Cl)cccc2Cl)on1. The summed E-state index contributed by atoms with van der Waals surface area (Å²) in [6.07, 6.45) is 0. The smallest absolute Gasteiger partial charge is 0.238 e. The van der Waals surface area contributed by atoms with Crippen LogP contribution in [-0.2, 0) is 14.8 Å². The first-order valence-electron chi connectivity index (χ1n) is 4.69. The summed E-state index contributed by atoms with van der Waals surface area (Å²) in [4.78, 5) is 0. The van der Waals surface area contributed by atoms with Crippen molar-refractivity contribution in [1.29, 1.82) is 0 Å². The van der Waals surface area contributed by atoms with Gasteiger partial charge in [-0.25, -0.2) is 8.42 Å².